The zero-order valence-corrected chi connectivity index (χ0v) is 12.4. The second-order valence-electron chi connectivity index (χ2n) is 5.75. The van der Waals surface area contributed by atoms with Crippen molar-refractivity contribution in [3.63, 3.8) is 0 Å². The van der Waals surface area contributed by atoms with Crippen LogP contribution < -0.4 is 10.6 Å². The summed E-state index contributed by atoms with van der Waals surface area (Å²) in [7, 11) is 0. The third kappa shape index (κ3) is 3.20. The Balaban J connectivity index is 1.54. The average Bonchev–Trinajstić information content (AvgIpc) is 2.56. The van der Waals surface area contributed by atoms with Crippen molar-refractivity contribution in [3.8, 4) is 0 Å². The molecule has 3 heterocycles. The number of aromatic nitrogens is 1. The van der Waals surface area contributed by atoms with E-state index in [1.165, 1.54) is 6.42 Å². The van der Waals surface area contributed by atoms with Crippen LogP contribution in [0.4, 0.5) is 16.3 Å². The van der Waals surface area contributed by atoms with Crippen molar-refractivity contribution < 1.29 is 4.79 Å². The third-order valence-corrected chi connectivity index (χ3v) is 4.31. The molecule has 2 saturated heterocycles. The maximum atomic E-state index is 12.4. The van der Waals surface area contributed by atoms with Crippen LogP contribution >= 0.6 is 0 Å². The molecule has 114 valence electrons. The lowest BCUT2D eigenvalue weighted by atomic mass is 10.1. The fraction of sp³-hybridized carbons (Fsp3) is 0.600. The fourth-order valence-electron chi connectivity index (χ4n) is 3.03. The van der Waals surface area contributed by atoms with E-state index in [4.69, 9.17) is 5.73 Å². The number of carbonyl (C=O) groups is 1. The van der Waals surface area contributed by atoms with Gasteiger partial charge in [-0.25, -0.2) is 9.78 Å². The van der Waals surface area contributed by atoms with E-state index in [0.717, 1.165) is 57.8 Å². The predicted molar refractivity (Wildman–Crippen MR) is 83.3 cm³/mol. The highest BCUT2D eigenvalue weighted by Gasteiger charge is 2.26. The molecule has 0 radical (unpaired) electrons. The second kappa shape index (κ2) is 6.20. The van der Waals surface area contributed by atoms with E-state index in [0.29, 0.717) is 5.82 Å². The number of nitrogen functional groups attached to an aromatic ring is 1. The lowest BCUT2D eigenvalue weighted by molar-refractivity contribution is 0.141. The van der Waals surface area contributed by atoms with Crippen molar-refractivity contribution in [3.05, 3.63) is 18.3 Å². The first kappa shape index (κ1) is 14.0. The maximum Gasteiger partial charge on any atom is 0.320 e. The van der Waals surface area contributed by atoms with Crippen molar-refractivity contribution in [1.29, 1.82) is 0 Å². The Labute approximate surface area is 125 Å². The molecule has 3 rings (SSSR count). The second-order valence-corrected chi connectivity index (χ2v) is 5.75. The molecule has 0 aromatic carbocycles. The summed E-state index contributed by atoms with van der Waals surface area (Å²) in [4.78, 5) is 22.8. The molecule has 6 heteroatoms. The van der Waals surface area contributed by atoms with Gasteiger partial charge in [-0.2, -0.15) is 0 Å². The Kier molecular flexibility index (Phi) is 4.13. The van der Waals surface area contributed by atoms with Gasteiger partial charge in [0.05, 0.1) is 11.9 Å². The van der Waals surface area contributed by atoms with Crippen molar-refractivity contribution in [1.82, 2.24) is 14.8 Å². The first-order valence-corrected chi connectivity index (χ1v) is 7.74. The summed E-state index contributed by atoms with van der Waals surface area (Å²) >= 11 is 0. The number of urea groups is 1. The largest absolute Gasteiger partial charge is 0.384 e. The number of carbonyl (C=O) groups excluding carboxylic acids is 1. The van der Waals surface area contributed by atoms with E-state index in [9.17, 15) is 4.79 Å². The number of pyridine rings is 1. The van der Waals surface area contributed by atoms with Crippen molar-refractivity contribution in [2.45, 2.75) is 19.3 Å². The average molecular weight is 289 g/mol. The molecule has 1 aromatic heterocycles. The summed E-state index contributed by atoms with van der Waals surface area (Å²) in [5.74, 6) is 0.540. The highest BCUT2D eigenvalue weighted by molar-refractivity contribution is 5.75. The molecule has 2 N–H and O–H groups in total. The lowest BCUT2D eigenvalue weighted by Crippen LogP contribution is -2.53. The first-order chi connectivity index (χ1) is 10.2. The van der Waals surface area contributed by atoms with Gasteiger partial charge >= 0.3 is 6.03 Å². The van der Waals surface area contributed by atoms with Gasteiger partial charge in [-0.15, -0.1) is 0 Å². The van der Waals surface area contributed by atoms with Gasteiger partial charge in [-0.05, 0) is 31.4 Å². The summed E-state index contributed by atoms with van der Waals surface area (Å²) in [5.41, 5.74) is 6.69. The van der Waals surface area contributed by atoms with Crippen molar-refractivity contribution in [2.75, 3.05) is 49.9 Å². The molecule has 2 aliphatic heterocycles. The minimum atomic E-state index is 0.213. The minimum Gasteiger partial charge on any atom is -0.384 e. The van der Waals surface area contributed by atoms with Crippen LogP contribution in [0.15, 0.2) is 18.3 Å². The van der Waals surface area contributed by atoms with E-state index >= 15 is 0 Å². The number of amides is 2. The standard InChI is InChI=1S/C15H23N5O/c16-14-5-4-13(12-17-14)18-8-10-20(11-9-18)15(21)19-6-2-1-3-7-19/h4-5,12H,1-3,6-11H2,(H2,16,17). The number of piperazine rings is 1. The molecule has 0 aliphatic carbocycles. The van der Waals surface area contributed by atoms with E-state index < -0.39 is 0 Å². The van der Waals surface area contributed by atoms with Crippen LogP contribution in [0, 0.1) is 0 Å². The Morgan fingerprint density at radius 2 is 1.62 bits per heavy atom. The molecule has 0 saturated carbocycles. The van der Waals surface area contributed by atoms with E-state index in [2.05, 4.69) is 9.88 Å². The summed E-state index contributed by atoms with van der Waals surface area (Å²) in [5, 5.41) is 0. The van der Waals surface area contributed by atoms with Crippen molar-refractivity contribution in [2.24, 2.45) is 0 Å². The first-order valence-electron chi connectivity index (χ1n) is 7.74. The van der Waals surface area contributed by atoms with Gasteiger partial charge in [0, 0.05) is 39.3 Å². The summed E-state index contributed by atoms with van der Waals surface area (Å²) in [6.07, 6.45) is 5.34. The maximum absolute atomic E-state index is 12.4. The predicted octanol–water partition coefficient (Wildman–Crippen LogP) is 1.39. The molecular formula is C15H23N5O. The van der Waals surface area contributed by atoms with Gasteiger partial charge in [0.2, 0.25) is 0 Å². The minimum absolute atomic E-state index is 0.213. The molecule has 21 heavy (non-hydrogen) atoms. The lowest BCUT2D eigenvalue weighted by Gasteiger charge is -2.39. The van der Waals surface area contributed by atoms with E-state index in [-0.39, 0.29) is 6.03 Å². The van der Waals surface area contributed by atoms with Crippen LogP contribution in [0.2, 0.25) is 0 Å². The Morgan fingerprint density at radius 3 is 2.24 bits per heavy atom. The molecule has 0 unspecified atom stereocenters. The monoisotopic (exact) mass is 289 g/mol. The number of nitrogens with zero attached hydrogens (tertiary/aromatic N) is 4. The Bertz CT molecular complexity index is 475. The topological polar surface area (TPSA) is 65.7 Å². The molecule has 2 aliphatic rings. The molecule has 2 fully saturated rings. The zero-order chi connectivity index (χ0) is 14.7. The number of nitrogens with two attached hydrogens (primary N) is 1. The number of anilines is 2. The molecule has 2 amide bonds. The quantitative estimate of drug-likeness (QED) is 0.848. The number of piperidine rings is 1. The molecule has 1 aromatic rings. The number of rotatable bonds is 1. The highest BCUT2D eigenvalue weighted by Crippen LogP contribution is 2.18. The van der Waals surface area contributed by atoms with Crippen LogP contribution in [-0.2, 0) is 0 Å². The molecule has 0 atom stereocenters. The third-order valence-electron chi connectivity index (χ3n) is 4.31. The van der Waals surface area contributed by atoms with E-state index in [1.54, 1.807) is 6.20 Å². The van der Waals surface area contributed by atoms with Crippen LogP contribution in [0.25, 0.3) is 0 Å². The van der Waals surface area contributed by atoms with Crippen LogP contribution in [0.1, 0.15) is 19.3 Å². The highest BCUT2D eigenvalue weighted by atomic mass is 16.2. The molecule has 0 spiro atoms. The summed E-state index contributed by atoms with van der Waals surface area (Å²) in [6.45, 7) is 5.09. The van der Waals surface area contributed by atoms with Gasteiger partial charge in [0.1, 0.15) is 5.82 Å². The summed E-state index contributed by atoms with van der Waals surface area (Å²) in [6, 6.07) is 4.02. The van der Waals surface area contributed by atoms with Crippen molar-refractivity contribution >= 4 is 17.5 Å². The molecule has 0 bridgehead atoms. The SMILES string of the molecule is Nc1ccc(N2CCN(C(=O)N3CCCCC3)CC2)cn1. The van der Waals surface area contributed by atoms with E-state index in [1.807, 2.05) is 21.9 Å². The number of hydrogen-bond acceptors (Lipinski definition) is 4. The van der Waals surface area contributed by atoms with Gasteiger partial charge in [-0.3, -0.25) is 0 Å². The molecule has 6 nitrogen and oxygen atoms in total. The zero-order valence-electron chi connectivity index (χ0n) is 12.4. The normalized spacial score (nSPS) is 19.7. The van der Waals surface area contributed by atoms with Gasteiger partial charge in [0.15, 0.2) is 0 Å². The van der Waals surface area contributed by atoms with Gasteiger partial charge in [-0.1, -0.05) is 0 Å². The Hall–Kier alpha value is -1.98. The van der Waals surface area contributed by atoms with Gasteiger partial charge in [0.25, 0.3) is 0 Å². The molecular weight excluding hydrogens is 266 g/mol. The number of likely N-dealkylation sites (tertiary alicyclic amines) is 1. The van der Waals surface area contributed by atoms with Crippen LogP contribution in [-0.4, -0.2) is 60.1 Å². The number of hydrogen-bond donors (Lipinski definition) is 1. The van der Waals surface area contributed by atoms with Gasteiger partial charge < -0.3 is 20.4 Å². The fourth-order valence-corrected chi connectivity index (χ4v) is 3.03. The van der Waals surface area contributed by atoms with Crippen LogP contribution in [0.5, 0.6) is 0 Å². The smallest absolute Gasteiger partial charge is 0.320 e. The summed E-state index contributed by atoms with van der Waals surface area (Å²) < 4.78 is 0. The Morgan fingerprint density at radius 1 is 0.952 bits per heavy atom. The van der Waals surface area contributed by atoms with Crippen LogP contribution in [0.3, 0.4) is 0 Å².